The Morgan fingerprint density at radius 2 is 1.26 bits per heavy atom. The number of carbonyl (C=O) groups is 6. The van der Waals surface area contributed by atoms with Crippen molar-refractivity contribution >= 4 is 35.7 Å². The van der Waals surface area contributed by atoms with Crippen molar-refractivity contribution in [2.45, 2.75) is 115 Å². The predicted octanol–water partition coefficient (Wildman–Crippen LogP) is 6.55. The normalized spacial score (nSPS) is 19.4. The van der Waals surface area contributed by atoms with E-state index in [2.05, 4.69) is 11.7 Å². The molecule has 364 valence electrons. The molecule has 2 fully saturated rings. The molecule has 2 aromatic carbocycles. The van der Waals surface area contributed by atoms with Gasteiger partial charge >= 0.3 is 23.9 Å². The highest BCUT2D eigenvalue weighted by atomic mass is 16.6. The van der Waals surface area contributed by atoms with E-state index in [9.17, 15) is 44.1 Å². The molecule has 0 aromatic heterocycles. The summed E-state index contributed by atoms with van der Waals surface area (Å²) in [7, 11) is 0. The largest absolute Gasteiger partial charge is 0.504 e. The van der Waals surface area contributed by atoms with Crippen LogP contribution in [0.25, 0.3) is 0 Å². The Balaban J connectivity index is 0.000000627. The summed E-state index contributed by atoms with van der Waals surface area (Å²) >= 11 is 0. The summed E-state index contributed by atoms with van der Waals surface area (Å²) in [6, 6.07) is 9.11. The van der Waals surface area contributed by atoms with Gasteiger partial charge in [0.25, 0.3) is 0 Å². The zero-order valence-corrected chi connectivity index (χ0v) is 40.2. The molecule has 0 radical (unpaired) electrons. The number of hydrogen-bond acceptors (Lipinski definition) is 14. The van der Waals surface area contributed by atoms with Crippen molar-refractivity contribution in [1.29, 1.82) is 0 Å². The van der Waals surface area contributed by atoms with Crippen LogP contribution < -0.4 is 5.73 Å². The Kier molecular flexibility index (Phi) is 22.5. The Morgan fingerprint density at radius 1 is 0.785 bits per heavy atom. The molecule has 6 unspecified atom stereocenters. The standard InChI is InChI=1S/C29H43NO8.C10H15O3.C8H11NO2.C2H6O/c1-8-28(4,5)23-19(12-14-29(6,7)22(26(35)36)17(3)27(37)38-9-2)24(33)30(25(23)34)15-13-18-10-11-20(31)21(32)16-18;1-5-10(3,4)7-6(2)8(11)13-9(7)12;9-4-3-6-1-2-7(10)8(11)5-6;1-2-3/h10-11,16-17,19,22-23,31-32H,8-9,12-15H2,1-7H3,(H,35,36);6-7H,2,5H2,1,3-4H3;1-2,5,10-11H,3-4,9H2;3H,2H2,1H3/q;+1;;. The molecule has 6 atom stereocenters. The summed E-state index contributed by atoms with van der Waals surface area (Å²) in [5, 5.41) is 54.9. The number of carbonyl (C=O) groups excluding carboxylic acids is 5. The molecular weight excluding hydrogens is 841 g/mol. The van der Waals surface area contributed by atoms with Gasteiger partial charge in [-0.3, -0.25) is 28.9 Å². The van der Waals surface area contributed by atoms with E-state index < -0.39 is 64.3 Å². The highest BCUT2D eigenvalue weighted by molar-refractivity contribution is 6.05. The topological polar surface area (TPSA) is 272 Å². The molecule has 0 spiro atoms. The maximum atomic E-state index is 13.6. The Bertz CT molecular complexity index is 1930. The fourth-order valence-corrected chi connectivity index (χ4v) is 8.20. The van der Waals surface area contributed by atoms with Gasteiger partial charge in [0.2, 0.25) is 17.7 Å². The lowest BCUT2D eigenvalue weighted by atomic mass is 9.65. The molecule has 4 rings (SSSR count). The highest BCUT2D eigenvalue weighted by Crippen LogP contribution is 2.47. The first-order valence-corrected chi connectivity index (χ1v) is 22.3. The summed E-state index contributed by atoms with van der Waals surface area (Å²) < 4.78 is 9.60. The smallest absolute Gasteiger partial charge is 0.362 e. The molecule has 2 saturated heterocycles. The number of hydrogen-bond donors (Lipinski definition) is 7. The third kappa shape index (κ3) is 15.7. The van der Waals surface area contributed by atoms with Crippen LogP contribution in [-0.2, 0) is 51.1 Å². The number of rotatable bonds is 17. The second-order valence-corrected chi connectivity index (χ2v) is 18.6. The van der Waals surface area contributed by atoms with Crippen LogP contribution in [0.4, 0.5) is 0 Å². The van der Waals surface area contributed by atoms with Crippen molar-refractivity contribution in [2.24, 2.45) is 57.5 Å². The minimum Gasteiger partial charge on any atom is -0.504 e. The van der Waals surface area contributed by atoms with E-state index >= 15 is 0 Å². The summed E-state index contributed by atoms with van der Waals surface area (Å²) in [4.78, 5) is 75.4. The number of nitrogens with zero attached hydrogens (tertiary/aromatic N) is 1. The summed E-state index contributed by atoms with van der Waals surface area (Å²) in [5.74, 6) is -7.80. The van der Waals surface area contributed by atoms with Gasteiger partial charge in [0, 0.05) is 13.2 Å². The number of benzene rings is 2. The van der Waals surface area contributed by atoms with Gasteiger partial charge in [-0.05, 0) is 104 Å². The Labute approximate surface area is 384 Å². The molecule has 65 heavy (non-hydrogen) atoms. The van der Waals surface area contributed by atoms with Crippen LogP contribution in [0, 0.1) is 58.7 Å². The average molecular weight is 916 g/mol. The third-order valence-corrected chi connectivity index (χ3v) is 12.7. The number of aliphatic carboxylic acids is 1. The molecule has 0 bridgehead atoms. The van der Waals surface area contributed by atoms with Crippen molar-refractivity contribution in [1.82, 2.24) is 4.90 Å². The van der Waals surface area contributed by atoms with Crippen molar-refractivity contribution in [3.05, 3.63) is 54.4 Å². The number of nitrogens with two attached hydrogens (primary N) is 1. The van der Waals surface area contributed by atoms with Crippen LogP contribution in [0.15, 0.2) is 36.4 Å². The number of likely N-dealkylation sites (tertiary alicyclic amines) is 1. The van der Waals surface area contributed by atoms with Crippen molar-refractivity contribution in [3.63, 3.8) is 0 Å². The first-order valence-electron chi connectivity index (χ1n) is 22.3. The Hall–Kier alpha value is -5.35. The number of carboxylic acid groups (broad SMARTS) is 1. The minimum absolute atomic E-state index is 0.0871. The quantitative estimate of drug-likeness (QED) is 0.0291. The zero-order chi connectivity index (χ0) is 50.2. The van der Waals surface area contributed by atoms with Crippen LogP contribution in [0.2, 0.25) is 0 Å². The molecule has 2 amide bonds. The van der Waals surface area contributed by atoms with E-state index in [0.29, 0.717) is 44.2 Å². The second-order valence-electron chi connectivity index (χ2n) is 18.6. The molecule has 16 nitrogen and oxygen atoms in total. The summed E-state index contributed by atoms with van der Waals surface area (Å²) in [5.41, 5.74) is 5.39. The summed E-state index contributed by atoms with van der Waals surface area (Å²) in [6.07, 6.45) is 3.17. The van der Waals surface area contributed by atoms with Gasteiger partial charge in [-0.2, -0.15) is 0 Å². The second kappa shape index (κ2) is 25.4. The number of amides is 2. The monoisotopic (exact) mass is 916 g/mol. The highest BCUT2D eigenvalue weighted by Gasteiger charge is 2.54. The minimum atomic E-state index is -1.10. The fraction of sp³-hybridized carbons (Fsp3) is 0.612. The number of cyclic esters (lactones) is 2. The maximum absolute atomic E-state index is 13.6. The molecule has 16 heteroatoms. The molecule has 2 aliphatic rings. The number of carboxylic acids is 1. The summed E-state index contributed by atoms with van der Waals surface area (Å²) in [6.45, 7) is 25.0. The van der Waals surface area contributed by atoms with Gasteiger partial charge in [-0.25, -0.2) is 4.79 Å². The number of phenols is 4. The van der Waals surface area contributed by atoms with Crippen molar-refractivity contribution < 1.29 is 68.9 Å². The lowest BCUT2D eigenvalue weighted by Crippen LogP contribution is -2.41. The van der Waals surface area contributed by atoms with E-state index in [1.165, 1.54) is 29.2 Å². The van der Waals surface area contributed by atoms with Gasteiger partial charge in [-0.1, -0.05) is 80.9 Å². The number of phenolic OH excluding ortho intramolecular Hbond substituents is 4. The number of imide groups is 1. The SMILES string of the molecule is CCO.CCOC(=O)C(C)C(C(=O)O)C(C)(C)CCC1C(=O)N(CCc2ccc(O)c(O)c2)C(=O)C1C(C)(C)CC.NCCc1ccc(O)c(O)c1.[CH2+]C1C(=O)OC(=O)C1C(C)(C)CC. The van der Waals surface area contributed by atoms with Gasteiger partial charge < -0.3 is 45.8 Å². The van der Waals surface area contributed by atoms with Crippen molar-refractivity contribution in [2.75, 3.05) is 26.3 Å². The molecular formula is C49H75N2O14+. The van der Waals surface area contributed by atoms with Crippen molar-refractivity contribution in [3.8, 4) is 23.0 Å². The van der Waals surface area contributed by atoms with Gasteiger partial charge in [0.15, 0.2) is 23.0 Å². The lowest BCUT2D eigenvalue weighted by molar-refractivity contribution is -0.161. The molecule has 2 aromatic rings. The van der Waals surface area contributed by atoms with Crippen LogP contribution in [0.3, 0.4) is 0 Å². The van der Waals surface area contributed by atoms with Crippen LogP contribution in [-0.4, -0.2) is 97.5 Å². The zero-order valence-electron chi connectivity index (χ0n) is 40.2. The van der Waals surface area contributed by atoms with Gasteiger partial charge in [-0.15, -0.1) is 0 Å². The number of aromatic hydroxyl groups is 4. The first-order chi connectivity index (χ1) is 30.1. The predicted molar refractivity (Wildman–Crippen MR) is 244 cm³/mol. The first kappa shape index (κ1) is 57.7. The van der Waals surface area contributed by atoms with E-state index in [0.717, 1.165) is 12.0 Å². The van der Waals surface area contributed by atoms with E-state index in [4.69, 9.17) is 25.8 Å². The van der Waals surface area contributed by atoms with Gasteiger partial charge in [0.1, 0.15) is 5.92 Å². The van der Waals surface area contributed by atoms with E-state index in [1.54, 1.807) is 46.8 Å². The molecule has 2 aliphatic heterocycles. The van der Waals surface area contributed by atoms with Crippen LogP contribution >= 0.6 is 0 Å². The van der Waals surface area contributed by atoms with Crippen LogP contribution in [0.5, 0.6) is 23.0 Å². The Morgan fingerprint density at radius 3 is 1.66 bits per heavy atom. The number of esters is 3. The lowest BCUT2D eigenvalue weighted by Gasteiger charge is -2.37. The van der Waals surface area contributed by atoms with Gasteiger partial charge in [0.05, 0.1) is 37.2 Å². The van der Waals surface area contributed by atoms with E-state index in [1.807, 2.05) is 41.5 Å². The van der Waals surface area contributed by atoms with Crippen LogP contribution in [0.1, 0.15) is 113 Å². The maximum Gasteiger partial charge on any atom is 0.362 e. The molecule has 2 heterocycles. The molecule has 0 aliphatic carbocycles. The molecule has 0 saturated carbocycles. The number of aliphatic hydroxyl groups is 1. The third-order valence-electron chi connectivity index (χ3n) is 12.7. The fourth-order valence-electron chi connectivity index (χ4n) is 8.20. The van der Waals surface area contributed by atoms with E-state index in [-0.39, 0.29) is 65.9 Å². The average Bonchev–Trinajstić information content (AvgIpc) is 3.64. The number of ether oxygens (including phenoxy) is 2. The molecule has 8 N–H and O–H groups in total. The number of aliphatic hydroxyl groups excluding tert-OH is 1.